The summed E-state index contributed by atoms with van der Waals surface area (Å²) in [5, 5.41) is 2.79. The Bertz CT molecular complexity index is 867. The molecule has 7 heteroatoms. The number of benzene rings is 1. The number of nitrogens with one attached hydrogen (secondary N) is 1. The van der Waals surface area contributed by atoms with Gasteiger partial charge < -0.3 is 20.0 Å². The molecule has 0 aliphatic heterocycles. The highest BCUT2D eigenvalue weighted by Gasteiger charge is 2.17. The Morgan fingerprint density at radius 1 is 1.25 bits per heavy atom. The third-order valence-corrected chi connectivity index (χ3v) is 5.07. The fourth-order valence-electron chi connectivity index (χ4n) is 2.34. The normalized spacial score (nSPS) is 10.7. The SMILES string of the molecule is Nc1c(C(=O)NCc2ccco2)sc(=S)n1CCc1ccccc1. The van der Waals surface area contributed by atoms with E-state index in [1.165, 1.54) is 16.9 Å². The number of nitrogens with zero attached hydrogens (tertiary/aromatic N) is 1. The molecule has 24 heavy (non-hydrogen) atoms. The molecule has 0 bridgehead atoms. The van der Waals surface area contributed by atoms with Crippen LogP contribution in [-0.4, -0.2) is 10.5 Å². The smallest absolute Gasteiger partial charge is 0.265 e. The van der Waals surface area contributed by atoms with Crippen LogP contribution in [0.3, 0.4) is 0 Å². The van der Waals surface area contributed by atoms with Gasteiger partial charge in [0.15, 0.2) is 3.95 Å². The second-order valence-corrected chi connectivity index (χ2v) is 6.88. The van der Waals surface area contributed by atoms with Crippen molar-refractivity contribution in [3.05, 3.63) is 68.9 Å². The number of hydrogen-bond donors (Lipinski definition) is 2. The monoisotopic (exact) mass is 359 g/mol. The van der Waals surface area contributed by atoms with Gasteiger partial charge in [0.25, 0.3) is 5.91 Å². The molecule has 0 saturated heterocycles. The zero-order valence-electron chi connectivity index (χ0n) is 12.9. The summed E-state index contributed by atoms with van der Waals surface area (Å²) in [7, 11) is 0. The molecule has 5 nitrogen and oxygen atoms in total. The van der Waals surface area contributed by atoms with Gasteiger partial charge in [0.2, 0.25) is 0 Å². The van der Waals surface area contributed by atoms with Crippen LogP contribution >= 0.6 is 23.6 Å². The van der Waals surface area contributed by atoms with E-state index in [-0.39, 0.29) is 5.91 Å². The van der Waals surface area contributed by atoms with E-state index >= 15 is 0 Å². The molecule has 3 N–H and O–H groups in total. The van der Waals surface area contributed by atoms with Crippen LogP contribution in [-0.2, 0) is 19.5 Å². The number of amides is 1. The average molecular weight is 359 g/mol. The van der Waals surface area contributed by atoms with Crippen LogP contribution in [0.5, 0.6) is 0 Å². The summed E-state index contributed by atoms with van der Waals surface area (Å²) in [6.45, 7) is 0.969. The minimum absolute atomic E-state index is 0.238. The highest BCUT2D eigenvalue weighted by Crippen LogP contribution is 2.22. The molecule has 124 valence electrons. The maximum Gasteiger partial charge on any atom is 0.265 e. The molecule has 1 aromatic carbocycles. The van der Waals surface area contributed by atoms with Crippen molar-refractivity contribution in [3.8, 4) is 0 Å². The fraction of sp³-hybridized carbons (Fsp3) is 0.176. The fourth-order valence-corrected chi connectivity index (χ4v) is 3.63. The first-order valence-electron chi connectivity index (χ1n) is 7.49. The molecule has 0 aliphatic carbocycles. The van der Waals surface area contributed by atoms with Gasteiger partial charge in [0, 0.05) is 6.54 Å². The Morgan fingerprint density at radius 3 is 2.75 bits per heavy atom. The van der Waals surface area contributed by atoms with E-state index in [0.717, 1.165) is 6.42 Å². The molecule has 0 unspecified atom stereocenters. The molecule has 0 radical (unpaired) electrons. The maximum atomic E-state index is 12.3. The lowest BCUT2D eigenvalue weighted by Crippen LogP contribution is -2.23. The van der Waals surface area contributed by atoms with Crippen molar-refractivity contribution in [3.63, 3.8) is 0 Å². The van der Waals surface area contributed by atoms with Crippen LogP contribution in [0.25, 0.3) is 0 Å². The summed E-state index contributed by atoms with van der Waals surface area (Å²) in [6, 6.07) is 13.7. The largest absolute Gasteiger partial charge is 0.467 e. The molecule has 2 heterocycles. The van der Waals surface area contributed by atoms with Gasteiger partial charge in [-0.05, 0) is 36.3 Å². The van der Waals surface area contributed by atoms with Crippen molar-refractivity contribution in [1.29, 1.82) is 0 Å². The van der Waals surface area contributed by atoms with E-state index in [0.29, 0.717) is 33.5 Å². The molecular weight excluding hydrogens is 342 g/mol. The summed E-state index contributed by atoms with van der Waals surface area (Å²) in [4.78, 5) is 12.8. The zero-order chi connectivity index (χ0) is 16.9. The molecular formula is C17H17N3O2S2. The first-order chi connectivity index (χ1) is 11.6. The molecule has 3 rings (SSSR count). The number of thiazole rings is 1. The summed E-state index contributed by atoms with van der Waals surface area (Å²) in [5.41, 5.74) is 7.34. The number of carbonyl (C=O) groups excluding carboxylic acids is 1. The van der Waals surface area contributed by atoms with Crippen LogP contribution in [0, 0.1) is 3.95 Å². The van der Waals surface area contributed by atoms with Gasteiger partial charge in [-0.1, -0.05) is 41.7 Å². The van der Waals surface area contributed by atoms with Gasteiger partial charge in [-0.2, -0.15) is 0 Å². The number of anilines is 1. The number of aryl methyl sites for hydroxylation is 1. The average Bonchev–Trinajstić information content (AvgIpc) is 3.21. The minimum atomic E-state index is -0.238. The van der Waals surface area contributed by atoms with Gasteiger partial charge in [0.05, 0.1) is 12.8 Å². The number of rotatable bonds is 6. The molecule has 2 aromatic heterocycles. The van der Waals surface area contributed by atoms with Crippen molar-refractivity contribution in [1.82, 2.24) is 9.88 Å². The van der Waals surface area contributed by atoms with Gasteiger partial charge in [0.1, 0.15) is 16.5 Å². The quantitative estimate of drug-likeness (QED) is 0.659. The topological polar surface area (TPSA) is 73.2 Å². The van der Waals surface area contributed by atoms with E-state index < -0.39 is 0 Å². The van der Waals surface area contributed by atoms with Crippen LogP contribution in [0.1, 0.15) is 21.0 Å². The van der Waals surface area contributed by atoms with Crippen LogP contribution in [0.15, 0.2) is 53.1 Å². The molecule has 0 spiro atoms. The number of aromatic nitrogens is 1. The predicted octanol–water partition coefficient (Wildman–Crippen LogP) is 3.63. The first-order valence-corrected chi connectivity index (χ1v) is 8.71. The van der Waals surface area contributed by atoms with E-state index in [1.54, 1.807) is 18.4 Å². The number of furan rings is 1. The highest BCUT2D eigenvalue weighted by molar-refractivity contribution is 7.73. The van der Waals surface area contributed by atoms with Crippen molar-refractivity contribution >= 4 is 35.3 Å². The van der Waals surface area contributed by atoms with E-state index in [9.17, 15) is 4.79 Å². The minimum Gasteiger partial charge on any atom is -0.467 e. The molecule has 0 saturated carbocycles. The van der Waals surface area contributed by atoms with Crippen molar-refractivity contribution in [2.75, 3.05) is 5.73 Å². The maximum absolute atomic E-state index is 12.3. The van der Waals surface area contributed by atoms with E-state index in [2.05, 4.69) is 17.4 Å². The number of carbonyl (C=O) groups is 1. The lowest BCUT2D eigenvalue weighted by Gasteiger charge is -2.07. The molecule has 1 amide bonds. The van der Waals surface area contributed by atoms with Gasteiger partial charge in [-0.15, -0.1) is 0 Å². The zero-order valence-corrected chi connectivity index (χ0v) is 14.5. The van der Waals surface area contributed by atoms with E-state index in [4.69, 9.17) is 22.4 Å². The third-order valence-electron chi connectivity index (χ3n) is 3.61. The predicted molar refractivity (Wildman–Crippen MR) is 97.6 cm³/mol. The number of hydrogen-bond acceptors (Lipinski definition) is 5. The lowest BCUT2D eigenvalue weighted by molar-refractivity contribution is 0.0952. The van der Waals surface area contributed by atoms with Gasteiger partial charge >= 0.3 is 0 Å². The van der Waals surface area contributed by atoms with Crippen molar-refractivity contribution in [2.45, 2.75) is 19.5 Å². The van der Waals surface area contributed by atoms with Gasteiger partial charge in [-0.3, -0.25) is 4.79 Å². The number of nitrogens with two attached hydrogens (primary N) is 1. The lowest BCUT2D eigenvalue weighted by atomic mass is 10.1. The van der Waals surface area contributed by atoms with Gasteiger partial charge in [-0.25, -0.2) is 0 Å². The molecule has 0 atom stereocenters. The molecule has 0 fully saturated rings. The summed E-state index contributed by atoms with van der Waals surface area (Å²) < 4.78 is 7.62. The Kier molecular flexibility index (Phi) is 5.12. The summed E-state index contributed by atoms with van der Waals surface area (Å²) in [5.74, 6) is 0.866. The molecule has 0 aliphatic rings. The summed E-state index contributed by atoms with van der Waals surface area (Å²) >= 11 is 6.59. The number of nitrogen functional groups attached to an aromatic ring is 1. The second kappa shape index (κ2) is 7.46. The van der Waals surface area contributed by atoms with Crippen molar-refractivity contribution in [2.24, 2.45) is 0 Å². The third kappa shape index (κ3) is 3.74. The van der Waals surface area contributed by atoms with Crippen LogP contribution < -0.4 is 11.1 Å². The van der Waals surface area contributed by atoms with Crippen molar-refractivity contribution < 1.29 is 9.21 Å². The Balaban J connectivity index is 1.69. The standard InChI is InChI=1S/C17H17N3O2S2/c18-15-14(16(21)19-11-13-7-4-10-22-13)24-17(23)20(15)9-8-12-5-2-1-3-6-12/h1-7,10H,8-9,11,18H2,(H,19,21). The molecule has 3 aromatic rings. The van der Waals surface area contributed by atoms with E-state index in [1.807, 2.05) is 22.8 Å². The van der Waals surface area contributed by atoms with Crippen LogP contribution in [0.2, 0.25) is 0 Å². The Morgan fingerprint density at radius 2 is 2.04 bits per heavy atom. The second-order valence-electron chi connectivity index (χ2n) is 5.23. The van der Waals surface area contributed by atoms with Crippen LogP contribution in [0.4, 0.5) is 5.82 Å². The first kappa shape index (κ1) is 16.5. The summed E-state index contributed by atoms with van der Waals surface area (Å²) in [6.07, 6.45) is 2.38. The Hall–Kier alpha value is -2.38. The highest BCUT2D eigenvalue weighted by atomic mass is 32.1. The Labute approximate surface area is 148 Å².